The second kappa shape index (κ2) is 13.8. The Kier molecular flexibility index (Phi) is 9.04. The molecular formula is C44H36N2. The van der Waals surface area contributed by atoms with Crippen LogP contribution in [0, 0.1) is 12.3 Å². The number of hydrogen-bond donors (Lipinski definition) is 1. The number of hydrogen-bond acceptors (Lipinski definition) is 1. The van der Waals surface area contributed by atoms with E-state index in [2.05, 4.69) is 107 Å². The van der Waals surface area contributed by atoms with Crippen molar-refractivity contribution in [2.45, 2.75) is 19.9 Å². The molecule has 222 valence electrons. The molecule has 2 nitrogen and oxygen atoms in total. The normalized spacial score (nSPS) is 11.8. The first-order chi connectivity index (χ1) is 22.5. The average Bonchev–Trinajstić information content (AvgIpc) is 3.65. The van der Waals surface area contributed by atoms with Crippen LogP contribution in [-0.4, -0.2) is 10.7 Å². The zero-order valence-electron chi connectivity index (χ0n) is 26.2. The molecule has 0 bridgehead atoms. The van der Waals surface area contributed by atoms with Crippen molar-refractivity contribution in [3.63, 3.8) is 0 Å². The Hall–Kier alpha value is -5.91. The van der Waals surface area contributed by atoms with Gasteiger partial charge in [-0.05, 0) is 75.3 Å². The largest absolute Gasteiger partial charge is 0.361 e. The number of aliphatic imine (C=N–C) groups is 1. The Morgan fingerprint density at radius 2 is 1.13 bits per heavy atom. The van der Waals surface area contributed by atoms with Crippen LogP contribution in [0.2, 0.25) is 0 Å². The molecule has 2 heteroatoms. The molecule has 0 spiro atoms. The number of H-pyrrole nitrogens is 1. The summed E-state index contributed by atoms with van der Waals surface area (Å²) in [6, 6.07) is 50.2. The van der Waals surface area contributed by atoms with E-state index >= 15 is 0 Å². The molecule has 1 N–H and O–H groups in total. The van der Waals surface area contributed by atoms with Crippen LogP contribution in [0.25, 0.3) is 49.5 Å². The molecule has 7 rings (SSSR count). The maximum Gasteiger partial charge on any atom is 0.135 e. The Balaban J connectivity index is 0.000000179. The summed E-state index contributed by atoms with van der Waals surface area (Å²) in [7, 11) is 0. The van der Waals surface area contributed by atoms with E-state index in [4.69, 9.17) is 6.42 Å². The molecular weight excluding hydrogens is 556 g/mol. The van der Waals surface area contributed by atoms with Gasteiger partial charge in [-0.25, -0.2) is 0 Å². The number of aromatic nitrogens is 1. The first-order valence-corrected chi connectivity index (χ1v) is 15.5. The maximum absolute atomic E-state index is 5.57. The van der Waals surface area contributed by atoms with Crippen LogP contribution in [0.3, 0.4) is 0 Å². The molecule has 1 heterocycles. The predicted molar refractivity (Wildman–Crippen MR) is 198 cm³/mol. The standard InChI is InChI=1S/C27H21N.C17H15N/c1-18(2)19-13-15-20(16-14-19)26-21-8-3-5-10-23(21)27(25-12-7-17-28-25)24-11-6-4-9-22(24)26;1-3-17(16-12-8-5-9-13-16)18-14(2)15-10-6-4-7-11-15/h3-17,28H,1H2,2H3;1,4-13,17H,2H3. The molecule has 46 heavy (non-hydrogen) atoms. The number of fused-ring (bicyclic) bond motifs is 2. The number of nitrogens with one attached hydrogen (secondary N) is 1. The molecule has 0 radical (unpaired) electrons. The Bertz CT molecular complexity index is 2110. The van der Waals surface area contributed by atoms with Crippen molar-refractivity contribution in [2.24, 2.45) is 4.99 Å². The van der Waals surface area contributed by atoms with Crippen molar-refractivity contribution in [3.8, 4) is 34.7 Å². The number of allylic oxidation sites excluding steroid dienone is 1. The molecule has 0 amide bonds. The van der Waals surface area contributed by atoms with E-state index < -0.39 is 0 Å². The summed E-state index contributed by atoms with van der Waals surface area (Å²) in [4.78, 5) is 8.02. The monoisotopic (exact) mass is 592 g/mol. The van der Waals surface area contributed by atoms with Crippen LogP contribution in [0.4, 0.5) is 0 Å². The van der Waals surface area contributed by atoms with E-state index in [9.17, 15) is 0 Å². The molecule has 0 aliphatic rings. The van der Waals surface area contributed by atoms with Gasteiger partial charge in [0.15, 0.2) is 0 Å². The van der Waals surface area contributed by atoms with Crippen molar-refractivity contribution < 1.29 is 0 Å². The first-order valence-electron chi connectivity index (χ1n) is 15.5. The summed E-state index contributed by atoms with van der Waals surface area (Å²) in [6.07, 6.45) is 7.56. The van der Waals surface area contributed by atoms with Crippen LogP contribution in [0.1, 0.15) is 36.6 Å². The van der Waals surface area contributed by atoms with Gasteiger partial charge >= 0.3 is 0 Å². The van der Waals surface area contributed by atoms with Gasteiger partial charge in [0.2, 0.25) is 0 Å². The summed E-state index contributed by atoms with van der Waals surface area (Å²) in [5, 5.41) is 5.08. The number of rotatable bonds is 6. The van der Waals surface area contributed by atoms with Gasteiger partial charge < -0.3 is 4.98 Å². The van der Waals surface area contributed by atoms with Gasteiger partial charge in [0.25, 0.3) is 0 Å². The lowest BCUT2D eigenvalue weighted by Crippen LogP contribution is -1.99. The van der Waals surface area contributed by atoms with Gasteiger partial charge in [-0.1, -0.05) is 152 Å². The smallest absolute Gasteiger partial charge is 0.135 e. The summed E-state index contributed by atoms with van der Waals surface area (Å²) < 4.78 is 0. The van der Waals surface area contributed by atoms with Crippen LogP contribution in [0.5, 0.6) is 0 Å². The molecule has 1 aromatic heterocycles. The highest BCUT2D eigenvalue weighted by Gasteiger charge is 2.16. The topological polar surface area (TPSA) is 28.1 Å². The van der Waals surface area contributed by atoms with E-state index in [1.54, 1.807) is 0 Å². The number of nitrogens with zero attached hydrogens (tertiary/aromatic N) is 1. The van der Waals surface area contributed by atoms with Crippen molar-refractivity contribution in [1.82, 2.24) is 4.98 Å². The summed E-state index contributed by atoms with van der Waals surface area (Å²) in [5.41, 5.74) is 10.3. The molecule has 6 aromatic carbocycles. The predicted octanol–water partition coefficient (Wildman–Crippen LogP) is 11.6. The minimum Gasteiger partial charge on any atom is -0.361 e. The van der Waals surface area contributed by atoms with Crippen LogP contribution in [-0.2, 0) is 0 Å². The number of terminal acetylenes is 1. The van der Waals surface area contributed by atoms with Crippen LogP contribution in [0.15, 0.2) is 163 Å². The number of aromatic amines is 1. The van der Waals surface area contributed by atoms with Crippen molar-refractivity contribution in [2.75, 3.05) is 0 Å². The van der Waals surface area contributed by atoms with E-state index in [-0.39, 0.29) is 6.04 Å². The quantitative estimate of drug-likeness (QED) is 0.113. The van der Waals surface area contributed by atoms with Gasteiger partial charge in [0.1, 0.15) is 6.04 Å². The second-order valence-electron chi connectivity index (χ2n) is 11.3. The third-order valence-electron chi connectivity index (χ3n) is 8.25. The van der Waals surface area contributed by atoms with Crippen molar-refractivity contribution in [3.05, 3.63) is 175 Å². The van der Waals surface area contributed by atoms with Gasteiger partial charge in [0, 0.05) is 23.2 Å². The summed E-state index contributed by atoms with van der Waals surface area (Å²) in [6.45, 7) is 8.10. The fraction of sp³-hybridized carbons (Fsp3) is 0.0682. The zero-order valence-corrected chi connectivity index (χ0v) is 26.2. The second-order valence-corrected chi connectivity index (χ2v) is 11.3. The van der Waals surface area contributed by atoms with Gasteiger partial charge in [-0.3, -0.25) is 4.99 Å². The fourth-order valence-corrected chi connectivity index (χ4v) is 5.93. The van der Waals surface area contributed by atoms with Gasteiger partial charge in [-0.15, -0.1) is 6.42 Å². The lowest BCUT2D eigenvalue weighted by Gasteiger charge is -2.17. The highest BCUT2D eigenvalue weighted by atomic mass is 14.8. The summed E-state index contributed by atoms with van der Waals surface area (Å²) in [5.74, 6) is 2.73. The molecule has 0 saturated heterocycles. The highest BCUT2D eigenvalue weighted by molar-refractivity contribution is 6.21. The van der Waals surface area contributed by atoms with E-state index in [1.165, 1.54) is 43.8 Å². The van der Waals surface area contributed by atoms with Gasteiger partial charge in [0.05, 0.1) is 0 Å². The van der Waals surface area contributed by atoms with Crippen molar-refractivity contribution >= 4 is 32.8 Å². The maximum atomic E-state index is 5.57. The van der Waals surface area contributed by atoms with Crippen molar-refractivity contribution in [1.29, 1.82) is 0 Å². The third kappa shape index (κ3) is 6.32. The molecule has 7 aromatic rings. The van der Waals surface area contributed by atoms with E-state index in [0.29, 0.717) is 0 Å². The Morgan fingerprint density at radius 1 is 0.609 bits per heavy atom. The first kappa shape index (κ1) is 30.1. The van der Waals surface area contributed by atoms with E-state index in [0.717, 1.165) is 28.1 Å². The lowest BCUT2D eigenvalue weighted by molar-refractivity contribution is 0.945. The lowest BCUT2D eigenvalue weighted by atomic mass is 9.87. The fourth-order valence-electron chi connectivity index (χ4n) is 5.93. The van der Waals surface area contributed by atoms with Crippen LogP contribution < -0.4 is 0 Å². The molecule has 1 unspecified atom stereocenters. The minimum atomic E-state index is -0.216. The average molecular weight is 593 g/mol. The molecule has 0 aliphatic carbocycles. The Morgan fingerprint density at radius 3 is 1.63 bits per heavy atom. The molecule has 0 fully saturated rings. The SMILES string of the molecule is C#CC(N=C(C)c1ccccc1)c1ccccc1.C=C(C)c1ccc(-c2c3ccccc3c(-c3ccc[nH]3)c3ccccc23)cc1. The Labute approximate surface area is 271 Å². The highest BCUT2D eigenvalue weighted by Crippen LogP contribution is 2.43. The molecule has 0 saturated carbocycles. The van der Waals surface area contributed by atoms with E-state index in [1.807, 2.05) is 80.7 Å². The van der Waals surface area contributed by atoms with Crippen LogP contribution >= 0.6 is 0 Å². The minimum absolute atomic E-state index is 0.216. The molecule has 0 aliphatic heterocycles. The number of benzene rings is 6. The third-order valence-corrected chi connectivity index (χ3v) is 8.25. The van der Waals surface area contributed by atoms with Gasteiger partial charge in [-0.2, -0.15) is 0 Å². The summed E-state index contributed by atoms with van der Waals surface area (Å²) >= 11 is 0. The zero-order chi connectivity index (χ0) is 31.9. The molecule has 1 atom stereocenters.